The van der Waals surface area contributed by atoms with E-state index in [1.54, 1.807) is 0 Å². The van der Waals surface area contributed by atoms with Crippen LogP contribution < -0.4 is 0 Å². The molecule has 0 saturated carbocycles. The minimum Gasteiger partial charge on any atom is -0.444 e. The zero-order valence-electron chi connectivity index (χ0n) is 13.7. The quantitative estimate of drug-likeness (QED) is 0.845. The summed E-state index contributed by atoms with van der Waals surface area (Å²) < 4.78 is 16.4. The van der Waals surface area contributed by atoms with Crippen molar-refractivity contribution in [3.63, 3.8) is 0 Å². The first kappa shape index (κ1) is 16.0. The molecule has 0 aromatic heterocycles. The van der Waals surface area contributed by atoms with Crippen LogP contribution in [-0.2, 0) is 14.2 Å². The first-order valence-electron chi connectivity index (χ1n) is 8.23. The van der Waals surface area contributed by atoms with E-state index in [-0.39, 0.29) is 24.5 Å². The number of nitrogens with zero attached hydrogens (tertiary/aromatic N) is 1. The minimum atomic E-state index is -0.806. The lowest BCUT2D eigenvalue weighted by atomic mass is 9.83. The van der Waals surface area contributed by atoms with Crippen LogP contribution in [-0.4, -0.2) is 58.9 Å². The van der Waals surface area contributed by atoms with Gasteiger partial charge in [-0.05, 0) is 46.5 Å². The Hall–Kier alpha value is -0.850. The van der Waals surface area contributed by atoms with Gasteiger partial charge in [0.25, 0.3) is 0 Å². The second kappa shape index (κ2) is 5.65. The van der Waals surface area contributed by atoms with Gasteiger partial charge in [0.1, 0.15) is 5.60 Å². The molecule has 1 N–H and O–H groups in total. The van der Waals surface area contributed by atoms with E-state index in [9.17, 15) is 9.90 Å². The number of carbonyl (C=O) groups excluding carboxylic acids is 1. The highest BCUT2D eigenvalue weighted by Crippen LogP contribution is 2.43. The molecule has 0 radical (unpaired) electrons. The lowest BCUT2D eigenvalue weighted by molar-refractivity contribution is -0.128. The molecule has 6 heteroatoms. The van der Waals surface area contributed by atoms with Crippen LogP contribution in [0.3, 0.4) is 0 Å². The molecular formula is C16H27NO5. The van der Waals surface area contributed by atoms with Crippen molar-refractivity contribution in [2.24, 2.45) is 0 Å². The molecule has 0 aliphatic carbocycles. The van der Waals surface area contributed by atoms with Crippen LogP contribution in [0.4, 0.5) is 4.79 Å². The van der Waals surface area contributed by atoms with Crippen LogP contribution in [0.1, 0.15) is 52.9 Å². The third-order valence-electron chi connectivity index (χ3n) is 4.69. The normalized spacial score (nSPS) is 35.9. The fourth-order valence-electron chi connectivity index (χ4n) is 3.94. The third-order valence-corrected chi connectivity index (χ3v) is 4.69. The van der Waals surface area contributed by atoms with Gasteiger partial charge in [0.05, 0.1) is 18.8 Å². The van der Waals surface area contributed by atoms with Gasteiger partial charge in [0.15, 0.2) is 6.29 Å². The van der Waals surface area contributed by atoms with Crippen molar-refractivity contribution in [3.05, 3.63) is 0 Å². The molecule has 3 fully saturated rings. The number of rotatable bonds is 2. The Kier molecular flexibility index (Phi) is 4.12. The summed E-state index contributed by atoms with van der Waals surface area (Å²) in [5.74, 6) is 0. The number of hydrogen-bond donors (Lipinski definition) is 1. The molecule has 2 unspecified atom stereocenters. The van der Waals surface area contributed by atoms with Gasteiger partial charge in [-0.3, -0.25) is 0 Å². The summed E-state index contributed by atoms with van der Waals surface area (Å²) in [5, 5.41) is 10.9. The molecule has 3 aliphatic heterocycles. The largest absolute Gasteiger partial charge is 0.444 e. The summed E-state index contributed by atoms with van der Waals surface area (Å²) in [7, 11) is 0. The van der Waals surface area contributed by atoms with Crippen molar-refractivity contribution in [2.75, 3.05) is 13.2 Å². The Labute approximate surface area is 131 Å². The minimum absolute atomic E-state index is 0.0556. The van der Waals surface area contributed by atoms with Gasteiger partial charge in [-0.15, -0.1) is 0 Å². The van der Waals surface area contributed by atoms with Crippen LogP contribution in [0.15, 0.2) is 0 Å². The van der Waals surface area contributed by atoms with Gasteiger partial charge in [0, 0.05) is 18.5 Å². The van der Waals surface area contributed by atoms with Crippen molar-refractivity contribution >= 4 is 6.09 Å². The molecule has 3 rings (SSSR count). The molecule has 0 aromatic carbocycles. The summed E-state index contributed by atoms with van der Waals surface area (Å²) in [6.07, 6.45) is 2.94. The number of carbonyl (C=O) groups is 1. The average molecular weight is 313 g/mol. The Balaban J connectivity index is 1.64. The number of hydrogen-bond acceptors (Lipinski definition) is 5. The number of aliphatic hydroxyl groups is 1. The van der Waals surface area contributed by atoms with E-state index in [1.165, 1.54) is 0 Å². The van der Waals surface area contributed by atoms with Gasteiger partial charge in [0.2, 0.25) is 0 Å². The molecule has 0 spiro atoms. The smallest absolute Gasteiger partial charge is 0.410 e. The average Bonchev–Trinajstić information content (AvgIpc) is 2.94. The fourth-order valence-corrected chi connectivity index (χ4v) is 3.94. The van der Waals surface area contributed by atoms with Gasteiger partial charge in [-0.25, -0.2) is 4.79 Å². The zero-order chi connectivity index (χ0) is 16.0. The van der Waals surface area contributed by atoms with Crippen molar-refractivity contribution in [3.8, 4) is 0 Å². The van der Waals surface area contributed by atoms with Gasteiger partial charge in [-0.2, -0.15) is 0 Å². The van der Waals surface area contributed by atoms with Crippen LogP contribution >= 0.6 is 0 Å². The van der Waals surface area contributed by atoms with Crippen LogP contribution in [0.2, 0.25) is 0 Å². The topological polar surface area (TPSA) is 68.2 Å². The standard InChI is InChI=1S/C16H27NO5/c1-15(2,3)22-14(18)17-11-4-5-12(17)9-16(19,8-11)10-13-20-6-7-21-13/h11-13,19H,4-10H2,1-3H3. The van der Waals surface area contributed by atoms with E-state index in [0.29, 0.717) is 32.5 Å². The number of fused-ring (bicyclic) bond motifs is 2. The highest BCUT2D eigenvalue weighted by Gasteiger charge is 2.51. The van der Waals surface area contributed by atoms with Crippen LogP contribution in [0.25, 0.3) is 0 Å². The highest BCUT2D eigenvalue weighted by molar-refractivity contribution is 5.69. The third kappa shape index (κ3) is 3.39. The lowest BCUT2D eigenvalue weighted by Crippen LogP contribution is -2.55. The monoisotopic (exact) mass is 313 g/mol. The molecule has 3 saturated heterocycles. The SMILES string of the molecule is CC(C)(C)OC(=O)N1C2CCC1CC(O)(CC1OCCO1)C2. The molecule has 1 amide bonds. The van der Waals surface area contributed by atoms with Crippen LogP contribution in [0, 0.1) is 0 Å². The van der Waals surface area contributed by atoms with Crippen molar-refractivity contribution < 1.29 is 24.1 Å². The van der Waals surface area contributed by atoms with E-state index < -0.39 is 11.2 Å². The van der Waals surface area contributed by atoms with Gasteiger partial charge < -0.3 is 24.2 Å². The van der Waals surface area contributed by atoms with E-state index in [1.807, 2.05) is 25.7 Å². The first-order chi connectivity index (χ1) is 10.3. The Bertz CT molecular complexity index is 413. The molecule has 2 bridgehead atoms. The summed E-state index contributed by atoms with van der Waals surface area (Å²) in [6, 6.07) is 0.111. The predicted octanol–water partition coefficient (Wildman–Crippen LogP) is 2.04. The molecule has 3 heterocycles. The summed E-state index contributed by atoms with van der Waals surface area (Å²) in [4.78, 5) is 14.2. The Morgan fingerprint density at radius 1 is 1.23 bits per heavy atom. The van der Waals surface area contributed by atoms with E-state index in [2.05, 4.69) is 0 Å². The lowest BCUT2D eigenvalue weighted by Gasteiger charge is -2.44. The molecule has 22 heavy (non-hydrogen) atoms. The van der Waals surface area contributed by atoms with Crippen molar-refractivity contribution in [1.29, 1.82) is 0 Å². The molecule has 2 atom stereocenters. The highest BCUT2D eigenvalue weighted by atomic mass is 16.7. The summed E-state index contributed by atoms with van der Waals surface area (Å²) >= 11 is 0. The van der Waals surface area contributed by atoms with E-state index >= 15 is 0 Å². The van der Waals surface area contributed by atoms with E-state index in [0.717, 1.165) is 12.8 Å². The molecule has 0 aromatic rings. The molecule has 126 valence electrons. The number of piperidine rings is 1. The zero-order valence-corrected chi connectivity index (χ0v) is 13.7. The first-order valence-corrected chi connectivity index (χ1v) is 8.23. The van der Waals surface area contributed by atoms with Crippen molar-refractivity contribution in [2.45, 2.75) is 82.5 Å². The van der Waals surface area contributed by atoms with Gasteiger partial charge in [-0.1, -0.05) is 0 Å². The van der Waals surface area contributed by atoms with Crippen LogP contribution in [0.5, 0.6) is 0 Å². The number of amides is 1. The number of ether oxygens (including phenoxy) is 3. The second-order valence-corrected chi connectivity index (χ2v) is 7.78. The maximum Gasteiger partial charge on any atom is 0.410 e. The van der Waals surface area contributed by atoms with E-state index in [4.69, 9.17) is 14.2 Å². The summed E-state index contributed by atoms with van der Waals surface area (Å²) in [6.45, 7) is 6.82. The molecule has 6 nitrogen and oxygen atoms in total. The molecular weight excluding hydrogens is 286 g/mol. The Morgan fingerprint density at radius 3 is 2.27 bits per heavy atom. The second-order valence-electron chi connectivity index (χ2n) is 7.78. The van der Waals surface area contributed by atoms with Gasteiger partial charge >= 0.3 is 6.09 Å². The van der Waals surface area contributed by atoms with Crippen molar-refractivity contribution in [1.82, 2.24) is 4.90 Å². The maximum absolute atomic E-state index is 12.4. The predicted molar refractivity (Wildman–Crippen MR) is 79.4 cm³/mol. The summed E-state index contributed by atoms with van der Waals surface area (Å²) in [5.41, 5.74) is -1.30. The Morgan fingerprint density at radius 2 is 1.77 bits per heavy atom. The maximum atomic E-state index is 12.4. The fraction of sp³-hybridized carbons (Fsp3) is 0.938. The molecule has 3 aliphatic rings.